The third-order valence-corrected chi connectivity index (χ3v) is 13.4. The lowest BCUT2D eigenvalue weighted by Crippen LogP contribution is -2.28. The van der Waals surface area contributed by atoms with E-state index < -0.39 is 5.41 Å². The highest BCUT2D eigenvalue weighted by Gasteiger charge is 2.45. The first-order valence-corrected chi connectivity index (χ1v) is 23.0. The van der Waals surface area contributed by atoms with Gasteiger partial charge in [-0.1, -0.05) is 231 Å². The van der Waals surface area contributed by atoms with Gasteiger partial charge in [-0.05, 0) is 114 Å². The molecule has 0 unspecified atom stereocenters. The second-order valence-electron chi connectivity index (χ2n) is 17.3. The fourth-order valence-electron chi connectivity index (χ4n) is 10.2. The van der Waals surface area contributed by atoms with Gasteiger partial charge in [0, 0.05) is 16.7 Å². The molecule has 67 heavy (non-hydrogen) atoms. The van der Waals surface area contributed by atoms with Crippen LogP contribution in [0.15, 0.2) is 267 Å². The number of benzene rings is 10. The van der Waals surface area contributed by atoms with Crippen molar-refractivity contribution in [3.8, 4) is 89.5 Å². The molecule has 1 aromatic heterocycles. The van der Waals surface area contributed by atoms with Crippen LogP contribution in [0.4, 0.5) is 0 Å². The monoisotopic (exact) mass is 852 g/mol. The maximum absolute atomic E-state index is 5.11. The highest BCUT2D eigenvalue weighted by molar-refractivity contribution is 5.87. The van der Waals surface area contributed by atoms with Gasteiger partial charge in [0.05, 0.1) is 16.8 Å². The van der Waals surface area contributed by atoms with E-state index in [0.29, 0.717) is 5.82 Å². The molecule has 1 aliphatic rings. The van der Waals surface area contributed by atoms with Gasteiger partial charge in [-0.2, -0.15) is 0 Å². The molecule has 0 spiro atoms. The molecule has 0 N–H and O–H groups in total. The highest BCUT2D eigenvalue weighted by atomic mass is 14.9. The smallest absolute Gasteiger partial charge is 0.160 e. The van der Waals surface area contributed by atoms with Crippen molar-refractivity contribution >= 4 is 0 Å². The summed E-state index contributed by atoms with van der Waals surface area (Å²) < 4.78 is 0. The summed E-state index contributed by atoms with van der Waals surface area (Å²) in [5, 5.41) is 0. The number of hydrogen-bond acceptors (Lipinski definition) is 2. The fourth-order valence-corrected chi connectivity index (χ4v) is 10.2. The summed E-state index contributed by atoms with van der Waals surface area (Å²) >= 11 is 0. The van der Waals surface area contributed by atoms with Crippen molar-refractivity contribution < 1.29 is 0 Å². The molecule has 0 saturated heterocycles. The third kappa shape index (κ3) is 7.26. The quantitative estimate of drug-likeness (QED) is 0.145. The topological polar surface area (TPSA) is 25.8 Å². The number of nitrogens with zero attached hydrogens (tertiary/aromatic N) is 2. The van der Waals surface area contributed by atoms with Crippen molar-refractivity contribution in [1.82, 2.24) is 9.97 Å². The summed E-state index contributed by atoms with van der Waals surface area (Å²) in [4.78, 5) is 10.1. The molecular weight excluding hydrogens is 809 g/mol. The third-order valence-electron chi connectivity index (χ3n) is 13.4. The van der Waals surface area contributed by atoms with Gasteiger partial charge in [0.1, 0.15) is 0 Å². The summed E-state index contributed by atoms with van der Waals surface area (Å²) in [6.07, 6.45) is 0. The lowest BCUT2D eigenvalue weighted by atomic mass is 9.67. The summed E-state index contributed by atoms with van der Waals surface area (Å²) in [6, 6.07) is 96.2. The van der Waals surface area contributed by atoms with Crippen molar-refractivity contribution in [2.75, 3.05) is 0 Å². The lowest BCUT2D eigenvalue weighted by molar-refractivity contribution is 0.769. The minimum atomic E-state index is -0.444. The Bertz CT molecular complexity index is 3470. The Morgan fingerprint density at radius 1 is 0.224 bits per heavy atom. The Labute approximate surface area is 392 Å². The molecule has 1 heterocycles. The number of aromatic nitrogens is 2. The average molecular weight is 853 g/mol. The first kappa shape index (κ1) is 39.8. The van der Waals surface area contributed by atoms with Crippen LogP contribution in [0.3, 0.4) is 0 Å². The van der Waals surface area contributed by atoms with Crippen LogP contribution in [0.1, 0.15) is 22.3 Å². The van der Waals surface area contributed by atoms with Gasteiger partial charge in [0.15, 0.2) is 5.82 Å². The fraction of sp³-hybridized carbons (Fsp3) is 0.0154. The Morgan fingerprint density at radius 2 is 0.552 bits per heavy atom. The van der Waals surface area contributed by atoms with Gasteiger partial charge in [-0.25, -0.2) is 9.97 Å². The van der Waals surface area contributed by atoms with E-state index in [1.54, 1.807) is 0 Å². The predicted octanol–water partition coefficient (Wildman–Crippen LogP) is 16.5. The molecule has 0 atom stereocenters. The van der Waals surface area contributed by atoms with Crippen molar-refractivity contribution in [2.45, 2.75) is 5.41 Å². The zero-order chi connectivity index (χ0) is 44.6. The van der Waals surface area contributed by atoms with Gasteiger partial charge >= 0.3 is 0 Å². The molecule has 0 bridgehead atoms. The maximum atomic E-state index is 5.11. The van der Waals surface area contributed by atoms with Crippen LogP contribution < -0.4 is 0 Å². The summed E-state index contributed by atoms with van der Waals surface area (Å²) in [7, 11) is 0. The molecule has 0 saturated carbocycles. The second kappa shape index (κ2) is 17.0. The maximum Gasteiger partial charge on any atom is 0.160 e. The normalized spacial score (nSPS) is 12.3. The van der Waals surface area contributed by atoms with Crippen LogP contribution in [0.5, 0.6) is 0 Å². The zero-order valence-corrected chi connectivity index (χ0v) is 36.8. The van der Waals surface area contributed by atoms with Gasteiger partial charge in [-0.15, -0.1) is 0 Å². The highest BCUT2D eigenvalue weighted by Crippen LogP contribution is 2.56. The van der Waals surface area contributed by atoms with E-state index in [4.69, 9.17) is 9.97 Å². The van der Waals surface area contributed by atoms with Gasteiger partial charge in [0.25, 0.3) is 0 Å². The summed E-state index contributed by atoms with van der Waals surface area (Å²) in [5.41, 5.74) is 21.5. The minimum Gasteiger partial charge on any atom is -0.228 e. The molecule has 0 radical (unpaired) electrons. The van der Waals surface area contributed by atoms with Crippen molar-refractivity contribution in [2.24, 2.45) is 0 Å². The Hall–Kier alpha value is -8.72. The molecule has 0 fully saturated rings. The van der Waals surface area contributed by atoms with Crippen LogP contribution in [0, 0.1) is 0 Å². The molecule has 314 valence electrons. The summed E-state index contributed by atoms with van der Waals surface area (Å²) in [6.45, 7) is 0. The van der Waals surface area contributed by atoms with E-state index in [1.165, 1.54) is 61.2 Å². The second-order valence-corrected chi connectivity index (χ2v) is 17.3. The van der Waals surface area contributed by atoms with E-state index in [9.17, 15) is 0 Å². The van der Waals surface area contributed by atoms with Crippen molar-refractivity contribution in [1.29, 1.82) is 0 Å². The van der Waals surface area contributed by atoms with Crippen molar-refractivity contribution in [3.05, 3.63) is 289 Å². The van der Waals surface area contributed by atoms with Crippen LogP contribution in [0.2, 0.25) is 0 Å². The number of rotatable bonds is 9. The first-order valence-electron chi connectivity index (χ1n) is 23.0. The summed E-state index contributed by atoms with van der Waals surface area (Å²) in [5.74, 6) is 0.709. The van der Waals surface area contributed by atoms with Crippen LogP contribution >= 0.6 is 0 Å². The lowest BCUT2D eigenvalue weighted by Gasteiger charge is -2.34. The number of hydrogen-bond donors (Lipinski definition) is 0. The van der Waals surface area contributed by atoms with Crippen molar-refractivity contribution in [3.63, 3.8) is 0 Å². The van der Waals surface area contributed by atoms with Crippen LogP contribution in [-0.4, -0.2) is 9.97 Å². The van der Waals surface area contributed by atoms with E-state index in [1.807, 2.05) is 24.3 Å². The van der Waals surface area contributed by atoms with Gasteiger partial charge < -0.3 is 0 Å². The van der Waals surface area contributed by atoms with Crippen LogP contribution in [0.25, 0.3) is 89.5 Å². The molecule has 1 aliphatic carbocycles. The largest absolute Gasteiger partial charge is 0.228 e. The Balaban J connectivity index is 0.875. The average Bonchev–Trinajstić information content (AvgIpc) is 3.73. The minimum absolute atomic E-state index is 0.444. The van der Waals surface area contributed by atoms with E-state index >= 15 is 0 Å². The SMILES string of the molecule is c1ccc(-c2cc(-c3cccc(-c4cccc(-c5cccc(-c6cccc(-c7cccc(C8(c9ccccc9)c9ccccc9-c9ccccc98)c7)c6)c5)c4)c3)nc(-c3ccccc3)n2)cc1. The van der Waals surface area contributed by atoms with E-state index in [2.05, 4.69) is 243 Å². The molecule has 2 nitrogen and oxygen atoms in total. The molecule has 10 aromatic carbocycles. The molecule has 11 aromatic rings. The van der Waals surface area contributed by atoms with Gasteiger partial charge in [-0.3, -0.25) is 0 Å². The molecule has 0 amide bonds. The number of fused-ring (bicyclic) bond motifs is 3. The first-order chi connectivity index (χ1) is 33.2. The Morgan fingerprint density at radius 3 is 1.04 bits per heavy atom. The van der Waals surface area contributed by atoms with E-state index in [0.717, 1.165) is 44.8 Å². The van der Waals surface area contributed by atoms with E-state index in [-0.39, 0.29) is 0 Å². The molecular formula is C65H44N2. The molecule has 2 heteroatoms. The molecule has 12 rings (SSSR count). The predicted molar refractivity (Wildman–Crippen MR) is 277 cm³/mol. The standard InChI is InChI=1S/C65H44N2/c1-4-19-45(20-5-1)62-44-63(67-64(66-62)46-21-6-2-7-22-46)55-31-17-29-53(42-55)51-27-15-25-49(40-51)47-23-14-24-48(39-47)50-26-16-28-52(41-50)54-30-18-34-57(43-54)65(56-32-8-3-9-33-56)60-37-12-10-35-58(60)59-36-11-13-38-61(59)65/h1-44H. The zero-order valence-electron chi connectivity index (χ0n) is 36.8. The molecule has 0 aliphatic heterocycles. The van der Waals surface area contributed by atoms with Crippen LogP contribution in [-0.2, 0) is 5.41 Å². The Kier molecular flexibility index (Phi) is 10.1. The van der Waals surface area contributed by atoms with Gasteiger partial charge in [0.2, 0.25) is 0 Å².